The molecule has 0 aliphatic rings. The Morgan fingerprint density at radius 1 is 1.10 bits per heavy atom. The van der Waals surface area contributed by atoms with Crippen molar-refractivity contribution >= 4 is 38.8 Å². The van der Waals surface area contributed by atoms with Crippen molar-refractivity contribution in [3.8, 4) is 28.8 Å². The van der Waals surface area contributed by atoms with Crippen LogP contribution in [0.5, 0.6) is 11.5 Å². The van der Waals surface area contributed by atoms with Gasteiger partial charge in [-0.1, -0.05) is 0 Å². The minimum atomic E-state index is -0.183. The van der Waals surface area contributed by atoms with E-state index < -0.39 is 0 Å². The van der Waals surface area contributed by atoms with E-state index >= 15 is 0 Å². The fourth-order valence-corrected chi connectivity index (χ4v) is 3.83. The van der Waals surface area contributed by atoms with E-state index in [-0.39, 0.29) is 22.5 Å². The van der Waals surface area contributed by atoms with Gasteiger partial charge in [-0.25, -0.2) is 0 Å². The Kier molecular flexibility index (Phi) is 4.05. The van der Waals surface area contributed by atoms with E-state index in [1.807, 2.05) is 12.1 Å². The van der Waals surface area contributed by atoms with Gasteiger partial charge in [-0.2, -0.15) is 10.2 Å². The highest BCUT2D eigenvalue weighted by Gasteiger charge is 2.20. The summed E-state index contributed by atoms with van der Waals surface area (Å²) >= 11 is 0. The third-order valence-corrected chi connectivity index (χ3v) is 5.27. The number of nitrogens with one attached hydrogen (secondary N) is 1. The Balaban J connectivity index is 2.01. The van der Waals surface area contributed by atoms with E-state index in [2.05, 4.69) is 16.0 Å². The van der Waals surface area contributed by atoms with E-state index in [0.29, 0.717) is 39.1 Å². The van der Waals surface area contributed by atoms with Crippen molar-refractivity contribution in [3.63, 3.8) is 0 Å². The van der Waals surface area contributed by atoms with Crippen LogP contribution in [0.25, 0.3) is 44.2 Å². The molecule has 0 saturated heterocycles. The number of nitriles is 1. The number of benzene rings is 2. The number of hydrogen-bond acceptors (Lipinski definition) is 7. The summed E-state index contributed by atoms with van der Waals surface area (Å²) in [6.45, 7) is 0. The van der Waals surface area contributed by atoms with Crippen molar-refractivity contribution in [1.29, 1.82) is 5.26 Å². The molecule has 0 spiro atoms. The molecule has 2 aromatic carbocycles. The standard InChI is InChI=1S/C23H16N4O4/c1-29-12-4-6-18(30-2)15(8-12)17-9-14-13-5-3-11(28)7-19(13)31-23-20(14)21(26-17)16(10-24)22(25)27-23/h3-9,26H,1-2H3,(H2,25,27). The minimum absolute atomic E-state index is 0.0312. The maximum Gasteiger partial charge on any atom is 0.231 e. The summed E-state index contributed by atoms with van der Waals surface area (Å²) < 4.78 is 16.8. The van der Waals surface area contributed by atoms with Crippen molar-refractivity contribution in [1.82, 2.24) is 9.97 Å². The van der Waals surface area contributed by atoms with Gasteiger partial charge >= 0.3 is 0 Å². The molecule has 3 heterocycles. The van der Waals surface area contributed by atoms with E-state index in [4.69, 9.17) is 19.6 Å². The van der Waals surface area contributed by atoms with Crippen LogP contribution < -0.4 is 20.6 Å². The largest absolute Gasteiger partial charge is 0.497 e. The number of aromatic nitrogens is 2. The lowest BCUT2D eigenvalue weighted by molar-refractivity contribution is 0.404. The van der Waals surface area contributed by atoms with Crippen molar-refractivity contribution in [2.45, 2.75) is 0 Å². The number of H-pyrrole nitrogens is 1. The molecular weight excluding hydrogens is 396 g/mol. The smallest absolute Gasteiger partial charge is 0.231 e. The number of anilines is 1. The Labute approximate surface area is 175 Å². The molecule has 0 atom stereocenters. The second-order valence-corrected chi connectivity index (χ2v) is 6.96. The zero-order chi connectivity index (χ0) is 21.7. The summed E-state index contributed by atoms with van der Waals surface area (Å²) in [5.41, 5.74) is 8.58. The molecule has 0 aliphatic heterocycles. The van der Waals surface area contributed by atoms with Crippen LogP contribution >= 0.6 is 0 Å². The second kappa shape index (κ2) is 6.78. The minimum Gasteiger partial charge on any atom is -0.497 e. The number of pyridine rings is 2. The van der Waals surface area contributed by atoms with Crippen LogP contribution in [0.4, 0.5) is 5.82 Å². The van der Waals surface area contributed by atoms with Gasteiger partial charge < -0.3 is 24.6 Å². The van der Waals surface area contributed by atoms with Gasteiger partial charge in [0.05, 0.1) is 30.8 Å². The van der Waals surface area contributed by atoms with Gasteiger partial charge in [0.25, 0.3) is 0 Å². The molecule has 0 aliphatic carbocycles. The van der Waals surface area contributed by atoms with Crippen molar-refractivity contribution in [2.24, 2.45) is 0 Å². The van der Waals surface area contributed by atoms with Gasteiger partial charge in [-0.15, -0.1) is 0 Å². The molecule has 5 rings (SSSR count). The lowest BCUT2D eigenvalue weighted by Crippen LogP contribution is -2.02. The van der Waals surface area contributed by atoms with Gasteiger partial charge in [0.1, 0.15) is 34.5 Å². The van der Waals surface area contributed by atoms with Crippen LogP contribution in [0.15, 0.2) is 51.7 Å². The average Bonchev–Trinajstić information content (AvgIpc) is 2.78. The van der Waals surface area contributed by atoms with E-state index in [1.54, 1.807) is 32.4 Å². The highest BCUT2D eigenvalue weighted by Crippen LogP contribution is 2.39. The van der Waals surface area contributed by atoms with Gasteiger partial charge in [0.15, 0.2) is 5.43 Å². The summed E-state index contributed by atoms with van der Waals surface area (Å²) in [6.07, 6.45) is 0. The topological polar surface area (TPSA) is 127 Å². The Bertz CT molecular complexity index is 1610. The maximum absolute atomic E-state index is 11.9. The van der Waals surface area contributed by atoms with Crippen LogP contribution in [-0.4, -0.2) is 24.2 Å². The number of nitrogen functional groups attached to an aromatic ring is 1. The number of fused-ring (bicyclic) bond motifs is 2. The maximum atomic E-state index is 11.9. The highest BCUT2D eigenvalue weighted by molar-refractivity contribution is 6.18. The molecule has 5 aromatic rings. The molecule has 0 amide bonds. The molecule has 0 bridgehead atoms. The van der Waals surface area contributed by atoms with Crippen LogP contribution in [-0.2, 0) is 0 Å². The normalized spacial score (nSPS) is 11.1. The first-order chi connectivity index (χ1) is 15.0. The predicted octanol–water partition coefficient (Wildman–Crippen LogP) is 3.96. The summed E-state index contributed by atoms with van der Waals surface area (Å²) in [6, 6.07) is 14.0. The zero-order valence-corrected chi connectivity index (χ0v) is 16.6. The molecule has 0 radical (unpaired) electrons. The second-order valence-electron chi connectivity index (χ2n) is 6.96. The molecule has 3 aromatic heterocycles. The van der Waals surface area contributed by atoms with Crippen LogP contribution in [0.1, 0.15) is 5.56 Å². The number of hydrogen-bond donors (Lipinski definition) is 2. The first-order valence-corrected chi connectivity index (χ1v) is 9.35. The van der Waals surface area contributed by atoms with Gasteiger partial charge in [-0.05, 0) is 36.4 Å². The zero-order valence-electron chi connectivity index (χ0n) is 16.6. The first-order valence-electron chi connectivity index (χ1n) is 9.35. The monoisotopic (exact) mass is 412 g/mol. The number of nitrogens with zero attached hydrogens (tertiary/aromatic N) is 2. The van der Waals surface area contributed by atoms with E-state index in [0.717, 1.165) is 10.9 Å². The molecule has 0 unspecified atom stereocenters. The van der Waals surface area contributed by atoms with Crippen LogP contribution in [0.2, 0.25) is 0 Å². The number of nitrogens with two attached hydrogens (primary N) is 1. The van der Waals surface area contributed by atoms with Crippen molar-refractivity contribution < 1.29 is 13.9 Å². The molecular formula is C23H16N4O4. The Hall–Kier alpha value is -4.51. The van der Waals surface area contributed by atoms with E-state index in [1.165, 1.54) is 12.1 Å². The van der Waals surface area contributed by atoms with Gasteiger partial charge in [-0.3, -0.25) is 4.79 Å². The van der Waals surface area contributed by atoms with Crippen molar-refractivity contribution in [3.05, 3.63) is 58.3 Å². The number of aromatic amines is 1. The third-order valence-electron chi connectivity index (χ3n) is 5.27. The van der Waals surface area contributed by atoms with Crippen LogP contribution in [0, 0.1) is 11.3 Å². The SMILES string of the molecule is COc1ccc(OC)c(-c2cc3c4ccc(=O)cc4oc4nc(N)c(C#N)c([nH]2)c43)c1. The summed E-state index contributed by atoms with van der Waals surface area (Å²) in [5, 5.41) is 11.8. The fourth-order valence-electron chi connectivity index (χ4n) is 3.83. The molecule has 31 heavy (non-hydrogen) atoms. The molecule has 0 saturated carbocycles. The first kappa shape index (κ1) is 18.5. The molecule has 8 heteroatoms. The molecule has 8 nitrogen and oxygen atoms in total. The lowest BCUT2D eigenvalue weighted by atomic mass is 10.0. The van der Waals surface area contributed by atoms with Gasteiger partial charge in [0, 0.05) is 22.4 Å². The Morgan fingerprint density at radius 3 is 2.68 bits per heavy atom. The summed E-state index contributed by atoms with van der Waals surface area (Å²) in [5.74, 6) is 1.29. The predicted molar refractivity (Wildman–Crippen MR) is 117 cm³/mol. The van der Waals surface area contributed by atoms with Crippen LogP contribution in [0.3, 0.4) is 0 Å². The average molecular weight is 412 g/mol. The van der Waals surface area contributed by atoms with Crippen molar-refractivity contribution in [2.75, 3.05) is 20.0 Å². The number of rotatable bonds is 3. The molecule has 152 valence electrons. The quantitative estimate of drug-likeness (QED) is 0.339. The molecule has 0 fully saturated rings. The molecule has 3 N–H and O–H groups in total. The third kappa shape index (κ3) is 2.75. The Morgan fingerprint density at radius 2 is 1.94 bits per heavy atom. The highest BCUT2D eigenvalue weighted by atomic mass is 16.5. The number of ether oxygens (including phenoxy) is 2. The lowest BCUT2D eigenvalue weighted by Gasteiger charge is -2.15. The fraction of sp³-hybridized carbons (Fsp3) is 0.0870. The summed E-state index contributed by atoms with van der Waals surface area (Å²) in [7, 11) is 3.16. The number of methoxy groups -OCH3 is 2. The van der Waals surface area contributed by atoms with E-state index in [9.17, 15) is 10.1 Å². The van der Waals surface area contributed by atoms with Gasteiger partial charge in [0.2, 0.25) is 5.71 Å². The summed E-state index contributed by atoms with van der Waals surface area (Å²) in [4.78, 5) is 19.5.